The first-order valence-electron chi connectivity index (χ1n) is 8.26. The lowest BCUT2D eigenvalue weighted by Gasteiger charge is -2.19. The average Bonchev–Trinajstić information content (AvgIpc) is 3.11. The molecular weight excluding hydrogens is 274 g/mol. The molecule has 2 atom stereocenters. The number of rotatable bonds is 3. The van der Waals surface area contributed by atoms with E-state index in [1.165, 1.54) is 54.5 Å². The van der Waals surface area contributed by atoms with Gasteiger partial charge in [0.15, 0.2) is 0 Å². The maximum Gasteiger partial charge on any atom is 0.0391 e. The van der Waals surface area contributed by atoms with Crippen molar-refractivity contribution in [1.82, 2.24) is 5.32 Å². The first kappa shape index (κ1) is 13.5. The zero-order chi connectivity index (χ0) is 14.2. The van der Waals surface area contributed by atoms with Gasteiger partial charge in [0.25, 0.3) is 0 Å². The Morgan fingerprint density at radius 2 is 1.95 bits per heavy atom. The van der Waals surface area contributed by atoms with Crippen molar-refractivity contribution < 1.29 is 0 Å². The first-order valence-corrected chi connectivity index (χ1v) is 9.08. The Morgan fingerprint density at radius 1 is 1.10 bits per heavy atom. The number of benzene rings is 1. The predicted molar refractivity (Wildman–Crippen MR) is 90.0 cm³/mol. The monoisotopic (exact) mass is 297 g/mol. The molecule has 0 saturated heterocycles. The van der Waals surface area contributed by atoms with Gasteiger partial charge in [-0.25, -0.2) is 0 Å². The number of hydrogen-bond donors (Lipinski definition) is 1. The third kappa shape index (κ3) is 2.56. The van der Waals surface area contributed by atoms with Gasteiger partial charge in [-0.15, -0.1) is 11.3 Å². The van der Waals surface area contributed by atoms with Crippen molar-refractivity contribution in [1.29, 1.82) is 0 Å². The highest BCUT2D eigenvalue weighted by Gasteiger charge is 2.24. The van der Waals surface area contributed by atoms with E-state index in [-0.39, 0.29) is 0 Å². The molecule has 0 amide bonds. The molecule has 0 aliphatic heterocycles. The minimum atomic E-state index is 0.469. The Balaban J connectivity index is 1.51. The van der Waals surface area contributed by atoms with Gasteiger partial charge >= 0.3 is 0 Å². The second kappa shape index (κ2) is 5.58. The molecule has 4 rings (SSSR count). The van der Waals surface area contributed by atoms with E-state index < -0.39 is 0 Å². The van der Waals surface area contributed by atoms with Crippen molar-refractivity contribution in [2.75, 3.05) is 0 Å². The van der Waals surface area contributed by atoms with Crippen molar-refractivity contribution in [3.63, 3.8) is 0 Å². The molecule has 2 aromatic rings. The second-order valence-electron chi connectivity index (χ2n) is 6.48. The van der Waals surface area contributed by atoms with E-state index in [1.54, 1.807) is 10.4 Å². The molecule has 0 saturated carbocycles. The van der Waals surface area contributed by atoms with Crippen LogP contribution in [0, 0.1) is 0 Å². The van der Waals surface area contributed by atoms with Gasteiger partial charge in [-0.1, -0.05) is 24.3 Å². The maximum absolute atomic E-state index is 3.87. The molecule has 1 nitrogen and oxygen atoms in total. The molecule has 110 valence electrons. The summed E-state index contributed by atoms with van der Waals surface area (Å²) in [4.78, 5) is 3.18. The molecule has 0 radical (unpaired) electrons. The van der Waals surface area contributed by atoms with Gasteiger partial charge in [-0.2, -0.15) is 0 Å². The summed E-state index contributed by atoms with van der Waals surface area (Å²) >= 11 is 2.05. The first-order chi connectivity index (χ1) is 10.3. The zero-order valence-corrected chi connectivity index (χ0v) is 13.5. The van der Waals surface area contributed by atoms with Gasteiger partial charge in [0, 0.05) is 21.8 Å². The number of hydrogen-bond acceptors (Lipinski definition) is 2. The van der Waals surface area contributed by atoms with Crippen LogP contribution in [0.1, 0.15) is 64.7 Å². The van der Waals surface area contributed by atoms with Crippen molar-refractivity contribution >= 4 is 11.3 Å². The van der Waals surface area contributed by atoms with E-state index in [0.717, 1.165) is 0 Å². The van der Waals surface area contributed by atoms with E-state index in [9.17, 15) is 0 Å². The van der Waals surface area contributed by atoms with Gasteiger partial charge in [-0.3, -0.25) is 0 Å². The van der Waals surface area contributed by atoms with Gasteiger partial charge < -0.3 is 5.32 Å². The number of fused-ring (bicyclic) bond motifs is 2. The van der Waals surface area contributed by atoms with Crippen LogP contribution < -0.4 is 5.32 Å². The van der Waals surface area contributed by atoms with Crippen LogP contribution in [-0.4, -0.2) is 0 Å². The van der Waals surface area contributed by atoms with E-state index in [1.807, 2.05) is 11.3 Å². The number of nitrogens with one attached hydrogen (secondary N) is 1. The van der Waals surface area contributed by atoms with Crippen LogP contribution in [0.2, 0.25) is 0 Å². The molecule has 0 bridgehead atoms. The minimum Gasteiger partial charge on any atom is -0.303 e. The lowest BCUT2D eigenvalue weighted by atomic mass is 9.99. The van der Waals surface area contributed by atoms with Crippen LogP contribution in [0.25, 0.3) is 0 Å². The van der Waals surface area contributed by atoms with Gasteiger partial charge in [0.1, 0.15) is 0 Å². The Labute approximate surface area is 131 Å². The molecule has 2 aliphatic rings. The quantitative estimate of drug-likeness (QED) is 0.844. The molecule has 2 heteroatoms. The summed E-state index contributed by atoms with van der Waals surface area (Å²) in [6, 6.07) is 12.4. The fraction of sp³-hybridized carbons (Fsp3) is 0.474. The number of aryl methyl sites for hydroxylation is 3. The molecule has 1 heterocycles. The van der Waals surface area contributed by atoms with Gasteiger partial charge in [0.2, 0.25) is 0 Å². The summed E-state index contributed by atoms with van der Waals surface area (Å²) < 4.78 is 0. The fourth-order valence-corrected chi connectivity index (χ4v) is 5.11. The van der Waals surface area contributed by atoms with Crippen LogP contribution in [-0.2, 0) is 19.3 Å². The standard InChI is InChI=1S/C19H23NS/c1-13(19-12-15-7-3-5-9-18(15)21-19)20-17-11-10-14-6-2-4-8-16(14)17/h2,4,6,8,12-13,17,20H,3,5,7,9-11H2,1H3. The topological polar surface area (TPSA) is 12.0 Å². The summed E-state index contributed by atoms with van der Waals surface area (Å²) in [7, 11) is 0. The van der Waals surface area contributed by atoms with Crippen molar-refractivity contribution in [2.24, 2.45) is 0 Å². The molecule has 2 aliphatic carbocycles. The third-order valence-corrected chi connectivity index (χ3v) is 6.45. The normalized spacial score (nSPS) is 21.9. The van der Waals surface area contributed by atoms with Crippen molar-refractivity contribution in [3.05, 3.63) is 56.8 Å². The lowest BCUT2D eigenvalue weighted by molar-refractivity contribution is 0.469. The summed E-state index contributed by atoms with van der Waals surface area (Å²) in [6.07, 6.45) is 7.83. The van der Waals surface area contributed by atoms with Crippen molar-refractivity contribution in [2.45, 2.75) is 57.5 Å². The zero-order valence-electron chi connectivity index (χ0n) is 12.7. The smallest absolute Gasteiger partial charge is 0.0391 e. The molecule has 0 spiro atoms. The fourth-order valence-electron chi connectivity index (χ4n) is 3.84. The van der Waals surface area contributed by atoms with Crippen LogP contribution in [0.4, 0.5) is 0 Å². The van der Waals surface area contributed by atoms with E-state index in [0.29, 0.717) is 12.1 Å². The van der Waals surface area contributed by atoms with Crippen molar-refractivity contribution in [3.8, 4) is 0 Å². The van der Waals surface area contributed by atoms with E-state index >= 15 is 0 Å². The van der Waals surface area contributed by atoms with Crippen LogP contribution >= 0.6 is 11.3 Å². The largest absolute Gasteiger partial charge is 0.303 e. The molecule has 1 aromatic heterocycles. The molecule has 21 heavy (non-hydrogen) atoms. The molecule has 2 unspecified atom stereocenters. The SMILES string of the molecule is CC(NC1CCc2ccccc21)c1cc2c(s1)CCCC2. The van der Waals surface area contributed by atoms with E-state index in [2.05, 4.69) is 42.6 Å². The number of thiophene rings is 1. The average molecular weight is 297 g/mol. The summed E-state index contributed by atoms with van der Waals surface area (Å²) in [6.45, 7) is 2.33. The highest BCUT2D eigenvalue weighted by Crippen LogP contribution is 2.36. The minimum absolute atomic E-state index is 0.469. The Hall–Kier alpha value is -1.12. The third-order valence-electron chi connectivity index (χ3n) is 5.03. The highest BCUT2D eigenvalue weighted by molar-refractivity contribution is 7.12. The predicted octanol–water partition coefficient (Wildman–Crippen LogP) is 4.97. The van der Waals surface area contributed by atoms with E-state index in [4.69, 9.17) is 0 Å². The molecule has 1 aromatic carbocycles. The Bertz CT molecular complexity index is 619. The molecular formula is C19H23NS. The van der Waals surface area contributed by atoms with Crippen LogP contribution in [0.3, 0.4) is 0 Å². The Morgan fingerprint density at radius 3 is 2.86 bits per heavy atom. The maximum atomic E-state index is 3.87. The summed E-state index contributed by atoms with van der Waals surface area (Å²) in [5, 5.41) is 3.87. The highest BCUT2D eigenvalue weighted by atomic mass is 32.1. The lowest BCUT2D eigenvalue weighted by Crippen LogP contribution is -2.22. The van der Waals surface area contributed by atoms with Crippen LogP contribution in [0.15, 0.2) is 30.3 Å². The van der Waals surface area contributed by atoms with Crippen LogP contribution in [0.5, 0.6) is 0 Å². The van der Waals surface area contributed by atoms with Gasteiger partial charge in [0.05, 0.1) is 0 Å². The van der Waals surface area contributed by atoms with Gasteiger partial charge in [-0.05, 0) is 68.2 Å². The second-order valence-corrected chi connectivity index (χ2v) is 7.65. The summed E-state index contributed by atoms with van der Waals surface area (Å²) in [5.41, 5.74) is 4.68. The summed E-state index contributed by atoms with van der Waals surface area (Å²) in [5.74, 6) is 0. The molecule has 0 fully saturated rings. The molecule has 1 N–H and O–H groups in total. The Kier molecular flexibility index (Phi) is 3.60.